The Bertz CT molecular complexity index is 992. The molecule has 3 N–H and O–H groups in total. The molecule has 0 unspecified atom stereocenters. The highest BCUT2D eigenvalue weighted by Gasteiger charge is 2.27. The number of nitrogens with two attached hydrogens (primary N) is 1. The van der Waals surface area contributed by atoms with E-state index in [1.54, 1.807) is 31.3 Å². The van der Waals surface area contributed by atoms with Gasteiger partial charge in [0.25, 0.3) is 5.91 Å². The lowest BCUT2D eigenvalue weighted by Crippen LogP contribution is -2.20. The summed E-state index contributed by atoms with van der Waals surface area (Å²) in [5.74, 6) is -0.943. The average molecular weight is 316 g/mol. The lowest BCUT2D eigenvalue weighted by Gasteiger charge is -2.08. The number of fused-ring (bicyclic) bond motifs is 1. The van der Waals surface area contributed by atoms with E-state index in [9.17, 15) is 13.2 Å². The first-order valence-electron chi connectivity index (χ1n) is 6.36. The number of primary amides is 1. The number of sulfone groups is 1. The number of nitrogens with zero attached hydrogens (tertiary/aromatic N) is 2. The van der Waals surface area contributed by atoms with Gasteiger partial charge in [-0.1, -0.05) is 12.1 Å². The molecule has 1 amide bonds. The third kappa shape index (κ3) is 2.23. The van der Waals surface area contributed by atoms with Crippen LogP contribution >= 0.6 is 0 Å². The Balaban J connectivity index is 2.32. The third-order valence-electron chi connectivity index (χ3n) is 3.14. The lowest BCUT2D eigenvalue weighted by molar-refractivity contribution is 0.0991. The molecule has 0 atom stereocenters. The highest BCUT2D eigenvalue weighted by Crippen LogP contribution is 2.24. The van der Waals surface area contributed by atoms with Crippen LogP contribution < -0.4 is 5.73 Å². The molecule has 0 fully saturated rings. The Morgan fingerprint density at radius 2 is 2.00 bits per heavy atom. The molecule has 0 aliphatic heterocycles. The first-order valence-corrected chi connectivity index (χ1v) is 7.84. The van der Waals surface area contributed by atoms with Gasteiger partial charge in [-0.3, -0.25) is 4.79 Å². The molecule has 1 aromatic carbocycles. The molecule has 22 heavy (non-hydrogen) atoms. The van der Waals surface area contributed by atoms with Gasteiger partial charge < -0.3 is 10.7 Å². The third-order valence-corrected chi connectivity index (χ3v) is 4.81. The zero-order valence-electron chi connectivity index (χ0n) is 11.6. The summed E-state index contributed by atoms with van der Waals surface area (Å²) in [7, 11) is -4.00. The number of hydrogen-bond donors (Lipinski definition) is 2. The Hall–Kier alpha value is -2.74. The molecular weight excluding hydrogens is 304 g/mol. The van der Waals surface area contributed by atoms with E-state index in [0.717, 1.165) is 5.56 Å². The van der Waals surface area contributed by atoms with Crippen LogP contribution in [0.15, 0.2) is 46.5 Å². The largest absolute Gasteiger partial charge is 0.364 e. The molecule has 2 aromatic heterocycles. The Morgan fingerprint density at radius 1 is 1.23 bits per heavy atom. The summed E-state index contributed by atoms with van der Waals surface area (Å²) in [5.41, 5.74) is 6.32. The first-order chi connectivity index (χ1) is 10.4. The number of nitrogens with one attached hydrogen (secondary N) is 1. The molecule has 8 heteroatoms. The topological polar surface area (TPSA) is 119 Å². The number of benzene rings is 1. The van der Waals surface area contributed by atoms with E-state index in [4.69, 9.17) is 5.73 Å². The molecule has 0 bridgehead atoms. The van der Waals surface area contributed by atoms with Crippen molar-refractivity contribution in [2.24, 2.45) is 5.73 Å². The van der Waals surface area contributed by atoms with Crippen LogP contribution in [0.1, 0.15) is 16.1 Å². The SMILES string of the molecule is Cc1cccc(S(=O)(=O)c2nc3[nH]ccc3nc2C(N)=O)c1. The molecule has 112 valence electrons. The number of rotatable bonds is 3. The average Bonchev–Trinajstić information content (AvgIpc) is 2.93. The van der Waals surface area contributed by atoms with Crippen molar-refractivity contribution in [2.75, 3.05) is 0 Å². The summed E-state index contributed by atoms with van der Waals surface area (Å²) in [6.45, 7) is 1.77. The molecule has 3 aromatic rings. The van der Waals surface area contributed by atoms with Crippen LogP contribution in [0.5, 0.6) is 0 Å². The predicted octanol–water partition coefficient (Wildman–Crippen LogP) is 1.20. The Labute approximate surface area is 126 Å². The van der Waals surface area contributed by atoms with Crippen LogP contribution in [0.4, 0.5) is 0 Å². The van der Waals surface area contributed by atoms with Crippen molar-refractivity contribution < 1.29 is 13.2 Å². The van der Waals surface area contributed by atoms with Crippen molar-refractivity contribution in [1.29, 1.82) is 0 Å². The van der Waals surface area contributed by atoms with E-state index in [-0.39, 0.29) is 16.2 Å². The minimum atomic E-state index is -4.00. The van der Waals surface area contributed by atoms with Crippen LogP contribution in [0.2, 0.25) is 0 Å². The maximum atomic E-state index is 12.8. The van der Waals surface area contributed by atoms with Crippen molar-refractivity contribution in [1.82, 2.24) is 15.0 Å². The van der Waals surface area contributed by atoms with Crippen LogP contribution in [0, 0.1) is 6.92 Å². The number of H-pyrrole nitrogens is 1. The minimum Gasteiger partial charge on any atom is -0.364 e. The zero-order valence-corrected chi connectivity index (χ0v) is 12.4. The minimum absolute atomic E-state index is 0.0372. The number of aromatic amines is 1. The van der Waals surface area contributed by atoms with Crippen LogP contribution in [-0.4, -0.2) is 29.3 Å². The van der Waals surface area contributed by atoms with Gasteiger partial charge in [-0.2, -0.15) is 0 Å². The highest BCUT2D eigenvalue weighted by molar-refractivity contribution is 7.91. The van der Waals surface area contributed by atoms with Crippen molar-refractivity contribution >= 4 is 26.9 Å². The fraction of sp³-hybridized carbons (Fsp3) is 0.0714. The molecule has 2 heterocycles. The summed E-state index contributed by atoms with van der Waals surface area (Å²) in [4.78, 5) is 22.4. The lowest BCUT2D eigenvalue weighted by atomic mass is 10.2. The molecule has 3 rings (SSSR count). The number of aryl methyl sites for hydroxylation is 1. The second kappa shape index (κ2) is 4.92. The second-order valence-electron chi connectivity index (χ2n) is 4.77. The van der Waals surface area contributed by atoms with Gasteiger partial charge in [-0.05, 0) is 30.7 Å². The van der Waals surface area contributed by atoms with Gasteiger partial charge in [0.2, 0.25) is 9.84 Å². The van der Waals surface area contributed by atoms with E-state index in [0.29, 0.717) is 5.52 Å². The monoisotopic (exact) mass is 316 g/mol. The standard InChI is InChI=1S/C14H12N4O3S/c1-8-3-2-4-9(7-8)22(20,21)14-11(12(15)19)17-10-5-6-16-13(10)18-14/h2-7H,1H3,(H2,15,19)(H,16,18). The van der Waals surface area contributed by atoms with Gasteiger partial charge in [0, 0.05) is 6.20 Å². The van der Waals surface area contributed by atoms with Crippen LogP contribution in [0.25, 0.3) is 11.2 Å². The molecule has 0 radical (unpaired) electrons. The van der Waals surface area contributed by atoms with Gasteiger partial charge in [0.05, 0.1) is 4.90 Å². The van der Waals surface area contributed by atoms with Gasteiger partial charge >= 0.3 is 0 Å². The molecular formula is C14H12N4O3S. The number of carbonyl (C=O) groups is 1. The summed E-state index contributed by atoms with van der Waals surface area (Å²) in [6, 6.07) is 7.91. The van der Waals surface area contributed by atoms with Gasteiger partial charge in [0.15, 0.2) is 16.4 Å². The summed E-state index contributed by atoms with van der Waals surface area (Å²) >= 11 is 0. The van der Waals surface area contributed by atoms with Gasteiger partial charge in [-0.25, -0.2) is 18.4 Å². The highest BCUT2D eigenvalue weighted by atomic mass is 32.2. The smallest absolute Gasteiger partial charge is 0.270 e. The van der Waals surface area contributed by atoms with Gasteiger partial charge in [-0.15, -0.1) is 0 Å². The Morgan fingerprint density at radius 3 is 2.68 bits per heavy atom. The maximum Gasteiger partial charge on any atom is 0.270 e. The molecule has 0 aliphatic rings. The molecule has 0 spiro atoms. The van der Waals surface area contributed by atoms with E-state index in [2.05, 4.69) is 15.0 Å². The van der Waals surface area contributed by atoms with E-state index < -0.39 is 20.8 Å². The quantitative estimate of drug-likeness (QED) is 0.752. The summed E-state index contributed by atoms with van der Waals surface area (Å²) < 4.78 is 25.5. The number of amides is 1. The number of aromatic nitrogens is 3. The van der Waals surface area contributed by atoms with Crippen molar-refractivity contribution in [3.63, 3.8) is 0 Å². The Kier molecular flexibility index (Phi) is 3.18. The van der Waals surface area contributed by atoms with Crippen molar-refractivity contribution in [3.05, 3.63) is 47.8 Å². The van der Waals surface area contributed by atoms with Crippen LogP contribution in [-0.2, 0) is 9.84 Å². The van der Waals surface area contributed by atoms with E-state index in [1.165, 1.54) is 12.1 Å². The fourth-order valence-electron chi connectivity index (χ4n) is 2.10. The van der Waals surface area contributed by atoms with E-state index in [1.807, 2.05) is 0 Å². The van der Waals surface area contributed by atoms with Crippen LogP contribution in [0.3, 0.4) is 0 Å². The molecule has 0 saturated carbocycles. The molecule has 0 saturated heterocycles. The molecule has 0 aliphatic carbocycles. The summed E-state index contributed by atoms with van der Waals surface area (Å²) in [5, 5.41) is -0.444. The number of hydrogen-bond acceptors (Lipinski definition) is 5. The number of carbonyl (C=O) groups excluding carboxylic acids is 1. The first kappa shape index (κ1) is 14.2. The zero-order chi connectivity index (χ0) is 15.9. The van der Waals surface area contributed by atoms with E-state index >= 15 is 0 Å². The summed E-state index contributed by atoms with van der Waals surface area (Å²) in [6.07, 6.45) is 1.55. The second-order valence-corrected chi connectivity index (χ2v) is 6.64. The molecule has 7 nitrogen and oxygen atoms in total. The van der Waals surface area contributed by atoms with Gasteiger partial charge in [0.1, 0.15) is 5.52 Å². The fourth-order valence-corrected chi connectivity index (χ4v) is 3.53. The van der Waals surface area contributed by atoms with Crippen molar-refractivity contribution in [3.8, 4) is 0 Å². The van der Waals surface area contributed by atoms with Crippen molar-refractivity contribution in [2.45, 2.75) is 16.8 Å². The normalized spacial score (nSPS) is 11.7. The predicted molar refractivity (Wildman–Crippen MR) is 79.0 cm³/mol. The maximum absolute atomic E-state index is 12.8.